The Hall–Kier alpha value is -2.39. The Morgan fingerprint density at radius 3 is 2.81 bits per heavy atom. The van der Waals surface area contributed by atoms with E-state index in [-0.39, 0.29) is 17.8 Å². The molecule has 8 nitrogen and oxygen atoms in total. The quantitative estimate of drug-likeness (QED) is 0.554. The van der Waals surface area contributed by atoms with Crippen molar-refractivity contribution in [2.24, 2.45) is 5.73 Å². The van der Waals surface area contributed by atoms with Crippen LogP contribution in [-0.4, -0.2) is 55.4 Å². The van der Waals surface area contributed by atoms with Crippen LogP contribution in [0.25, 0.3) is 5.65 Å². The minimum atomic E-state index is -0.930. The number of fused-ring (bicyclic) bond motifs is 1. The highest BCUT2D eigenvalue weighted by Gasteiger charge is 2.33. The highest BCUT2D eigenvalue weighted by Crippen LogP contribution is 2.39. The molecule has 3 aromatic rings. The van der Waals surface area contributed by atoms with Gasteiger partial charge in [-0.25, -0.2) is 9.50 Å². The Labute approximate surface area is 192 Å². The van der Waals surface area contributed by atoms with Crippen LogP contribution in [0.4, 0.5) is 5.82 Å². The zero-order valence-electron chi connectivity index (χ0n) is 18.2. The molecule has 32 heavy (non-hydrogen) atoms. The number of aliphatic hydroxyl groups is 1. The number of hydrogen-bond donors (Lipinski definition) is 3. The minimum absolute atomic E-state index is 0.0668. The number of aryl methyl sites for hydroxylation is 1. The smallest absolute Gasteiger partial charge is 0.157 e. The van der Waals surface area contributed by atoms with Crippen molar-refractivity contribution in [1.82, 2.24) is 19.5 Å². The van der Waals surface area contributed by atoms with Crippen LogP contribution in [0.3, 0.4) is 0 Å². The molecule has 2 aliphatic rings. The number of anilines is 1. The summed E-state index contributed by atoms with van der Waals surface area (Å²) >= 11 is 6.33. The van der Waals surface area contributed by atoms with E-state index in [9.17, 15) is 10.2 Å². The van der Waals surface area contributed by atoms with Crippen molar-refractivity contribution in [3.63, 3.8) is 0 Å². The van der Waals surface area contributed by atoms with E-state index < -0.39 is 6.23 Å². The van der Waals surface area contributed by atoms with Crippen molar-refractivity contribution in [1.29, 1.82) is 0 Å². The van der Waals surface area contributed by atoms with E-state index in [0.29, 0.717) is 10.6 Å². The summed E-state index contributed by atoms with van der Waals surface area (Å²) < 4.78 is 1.82. The fourth-order valence-corrected chi connectivity index (χ4v) is 5.17. The van der Waals surface area contributed by atoms with Crippen LogP contribution in [-0.2, 0) is 0 Å². The van der Waals surface area contributed by atoms with Crippen LogP contribution >= 0.6 is 11.6 Å². The summed E-state index contributed by atoms with van der Waals surface area (Å²) in [6.45, 7) is 4.50. The van der Waals surface area contributed by atoms with Crippen molar-refractivity contribution >= 4 is 23.1 Å². The van der Waals surface area contributed by atoms with Crippen LogP contribution in [0, 0.1) is 6.92 Å². The second-order valence-corrected chi connectivity index (χ2v) is 9.35. The molecule has 4 heterocycles. The summed E-state index contributed by atoms with van der Waals surface area (Å²) in [5.41, 5.74) is 9.33. The number of benzene rings is 1. The van der Waals surface area contributed by atoms with Gasteiger partial charge in [-0.3, -0.25) is 4.90 Å². The van der Waals surface area contributed by atoms with E-state index >= 15 is 0 Å². The first-order valence-electron chi connectivity index (χ1n) is 11.2. The summed E-state index contributed by atoms with van der Waals surface area (Å²) in [4.78, 5) is 9.15. The second kappa shape index (κ2) is 8.51. The average molecular weight is 457 g/mol. The van der Waals surface area contributed by atoms with Gasteiger partial charge < -0.3 is 20.8 Å². The summed E-state index contributed by atoms with van der Waals surface area (Å²) in [5.74, 6) is 1.04. The lowest BCUT2D eigenvalue weighted by molar-refractivity contribution is -0.0456. The molecule has 0 spiro atoms. The lowest BCUT2D eigenvalue weighted by Crippen LogP contribution is -2.37. The monoisotopic (exact) mass is 456 g/mol. The van der Waals surface area contributed by atoms with Gasteiger partial charge in [-0.1, -0.05) is 18.0 Å². The maximum Gasteiger partial charge on any atom is 0.157 e. The summed E-state index contributed by atoms with van der Waals surface area (Å²) in [6.07, 6.45) is 4.97. The van der Waals surface area contributed by atoms with Gasteiger partial charge in [0.05, 0.1) is 11.7 Å². The topological polar surface area (TPSA) is 103 Å². The zero-order valence-corrected chi connectivity index (χ0v) is 18.9. The molecule has 1 aromatic carbocycles. The van der Waals surface area contributed by atoms with E-state index in [1.54, 1.807) is 6.07 Å². The van der Waals surface area contributed by atoms with Gasteiger partial charge in [0.25, 0.3) is 0 Å². The highest BCUT2D eigenvalue weighted by atomic mass is 35.5. The minimum Gasteiger partial charge on any atom is -0.508 e. The fraction of sp³-hybridized carbons (Fsp3) is 0.478. The molecule has 4 N–H and O–H groups in total. The van der Waals surface area contributed by atoms with E-state index in [1.165, 1.54) is 12.1 Å². The summed E-state index contributed by atoms with van der Waals surface area (Å²) in [5, 5.41) is 26.3. The molecular formula is C23H29ClN6O2. The molecule has 2 aliphatic heterocycles. The number of aromatic nitrogens is 3. The number of nitrogens with two attached hydrogens (primary N) is 1. The van der Waals surface area contributed by atoms with Gasteiger partial charge in [0.1, 0.15) is 17.8 Å². The molecule has 3 atom stereocenters. The molecule has 2 aromatic heterocycles. The van der Waals surface area contributed by atoms with E-state index in [2.05, 4.69) is 4.90 Å². The number of likely N-dealkylation sites (tertiary alicyclic amines) is 1. The number of halogens is 1. The number of rotatable bonds is 4. The highest BCUT2D eigenvalue weighted by molar-refractivity contribution is 6.31. The predicted octanol–water partition coefficient (Wildman–Crippen LogP) is 3.15. The SMILES string of the molecule is Cc1cn2nc(C3CCCCN3C(O)c3cc(O)ccc3Cl)cc2nc1N1CCC(N)C1. The van der Waals surface area contributed by atoms with Gasteiger partial charge in [-0.05, 0) is 44.4 Å². The first-order chi connectivity index (χ1) is 15.4. The summed E-state index contributed by atoms with van der Waals surface area (Å²) in [6, 6.07) is 6.79. The van der Waals surface area contributed by atoms with Crippen molar-refractivity contribution in [3.8, 4) is 5.75 Å². The first-order valence-corrected chi connectivity index (χ1v) is 11.6. The normalized spacial score (nSPS) is 23.2. The largest absolute Gasteiger partial charge is 0.508 e. The molecule has 5 rings (SSSR count). The van der Waals surface area contributed by atoms with Gasteiger partial charge >= 0.3 is 0 Å². The number of phenols is 1. The molecule has 0 radical (unpaired) electrons. The Morgan fingerprint density at radius 1 is 1.19 bits per heavy atom. The maximum absolute atomic E-state index is 11.2. The van der Waals surface area contributed by atoms with Crippen molar-refractivity contribution < 1.29 is 10.2 Å². The number of nitrogens with zero attached hydrogens (tertiary/aromatic N) is 5. The number of aromatic hydroxyl groups is 1. The molecule has 0 aliphatic carbocycles. The average Bonchev–Trinajstić information content (AvgIpc) is 3.40. The van der Waals surface area contributed by atoms with E-state index in [4.69, 9.17) is 27.4 Å². The van der Waals surface area contributed by atoms with Gasteiger partial charge in [-0.2, -0.15) is 5.10 Å². The molecule has 3 unspecified atom stereocenters. The molecule has 0 amide bonds. The van der Waals surface area contributed by atoms with Gasteiger partial charge in [0.15, 0.2) is 5.65 Å². The molecule has 0 bridgehead atoms. The van der Waals surface area contributed by atoms with Crippen molar-refractivity contribution in [3.05, 3.63) is 52.3 Å². The van der Waals surface area contributed by atoms with Crippen LogP contribution < -0.4 is 10.6 Å². The predicted molar refractivity (Wildman–Crippen MR) is 124 cm³/mol. The standard InChI is InChI=1S/C23H29ClN6O2/c1-14-12-30-21(26-22(14)28-9-7-15(25)13-28)11-19(27-30)20-4-2-3-8-29(20)23(32)17-10-16(31)5-6-18(17)24/h5-6,10-12,15,20,23,31-32H,2-4,7-9,13,25H2,1H3. The van der Waals surface area contributed by atoms with Crippen LogP contribution in [0.5, 0.6) is 5.75 Å². The zero-order chi connectivity index (χ0) is 22.4. The Balaban J connectivity index is 1.48. The van der Waals surface area contributed by atoms with E-state index in [1.807, 2.05) is 28.6 Å². The van der Waals surface area contributed by atoms with Crippen molar-refractivity contribution in [2.75, 3.05) is 24.5 Å². The Kier molecular flexibility index (Phi) is 5.71. The number of phenolic OH excluding ortho intramolecular Hbond substituents is 1. The third kappa shape index (κ3) is 3.92. The Bertz CT molecular complexity index is 1140. The van der Waals surface area contributed by atoms with Crippen LogP contribution in [0.2, 0.25) is 5.02 Å². The molecular weight excluding hydrogens is 428 g/mol. The lowest BCUT2D eigenvalue weighted by atomic mass is 9.97. The number of piperidine rings is 1. The van der Waals surface area contributed by atoms with Crippen molar-refractivity contribution in [2.45, 2.75) is 50.9 Å². The maximum atomic E-state index is 11.2. The Morgan fingerprint density at radius 2 is 2.03 bits per heavy atom. The number of hydrogen-bond acceptors (Lipinski definition) is 7. The summed E-state index contributed by atoms with van der Waals surface area (Å²) in [7, 11) is 0. The molecule has 170 valence electrons. The van der Waals surface area contributed by atoms with Crippen LogP contribution in [0.15, 0.2) is 30.5 Å². The lowest BCUT2D eigenvalue weighted by Gasteiger charge is -2.38. The molecule has 0 saturated carbocycles. The third-order valence-corrected chi connectivity index (χ3v) is 6.95. The van der Waals surface area contributed by atoms with E-state index in [0.717, 1.165) is 68.0 Å². The fourth-order valence-electron chi connectivity index (χ4n) is 4.95. The third-order valence-electron chi connectivity index (χ3n) is 6.61. The second-order valence-electron chi connectivity index (χ2n) is 8.94. The first kappa shape index (κ1) is 21.5. The molecule has 2 fully saturated rings. The van der Waals surface area contributed by atoms with Gasteiger partial charge in [0.2, 0.25) is 0 Å². The van der Waals surface area contributed by atoms with Gasteiger partial charge in [-0.15, -0.1) is 0 Å². The van der Waals surface area contributed by atoms with Gasteiger partial charge in [0, 0.05) is 54.1 Å². The molecule has 2 saturated heterocycles. The molecule has 9 heteroatoms. The van der Waals surface area contributed by atoms with Crippen LogP contribution in [0.1, 0.15) is 54.8 Å². The number of aliphatic hydroxyl groups excluding tert-OH is 1.